The zero-order valence-corrected chi connectivity index (χ0v) is 10.6. The van der Waals surface area contributed by atoms with Gasteiger partial charge in [-0.25, -0.2) is 8.42 Å². The topological polar surface area (TPSA) is 58.5 Å². The van der Waals surface area contributed by atoms with Crippen molar-refractivity contribution in [3.8, 4) is 0 Å². The lowest BCUT2D eigenvalue weighted by molar-refractivity contribution is 0.615. The highest BCUT2D eigenvalue weighted by Gasteiger charge is 2.31. The Balaban J connectivity index is 2.22. The predicted molar refractivity (Wildman–Crippen MR) is 67.5 cm³/mol. The van der Waals surface area contributed by atoms with Gasteiger partial charge in [0.2, 0.25) is 0 Å². The summed E-state index contributed by atoms with van der Waals surface area (Å²) in [5, 5.41) is 3.27. The largest absolute Gasteiger partial charge is 0.312 e. The summed E-state index contributed by atoms with van der Waals surface area (Å²) in [5.41, 5.74) is 3.72. The third kappa shape index (κ3) is 1.78. The third-order valence-corrected chi connectivity index (χ3v) is 4.53. The van der Waals surface area contributed by atoms with E-state index in [2.05, 4.69) is 10.3 Å². The van der Waals surface area contributed by atoms with Gasteiger partial charge in [-0.3, -0.25) is 4.99 Å². The van der Waals surface area contributed by atoms with Crippen LogP contribution >= 0.6 is 10.7 Å². The van der Waals surface area contributed by atoms with E-state index >= 15 is 0 Å². The minimum Gasteiger partial charge on any atom is -0.312 e. The second kappa shape index (κ2) is 3.80. The molecule has 2 heterocycles. The van der Waals surface area contributed by atoms with E-state index < -0.39 is 9.05 Å². The molecule has 3 rings (SSSR count). The molecule has 17 heavy (non-hydrogen) atoms. The lowest BCUT2D eigenvalue weighted by Gasteiger charge is -2.16. The Labute approximate surface area is 104 Å². The van der Waals surface area contributed by atoms with Crippen LogP contribution in [-0.4, -0.2) is 27.2 Å². The molecule has 0 aromatic rings. The number of nitrogens with zero attached hydrogens (tertiary/aromatic N) is 1. The third-order valence-electron chi connectivity index (χ3n) is 3.17. The molecule has 1 N–H and O–H groups in total. The van der Waals surface area contributed by atoms with Gasteiger partial charge in [0.15, 0.2) is 0 Å². The minimum atomic E-state index is -3.72. The molecule has 0 amide bonds. The summed E-state index contributed by atoms with van der Waals surface area (Å²) in [6.45, 7) is 1.65. The van der Waals surface area contributed by atoms with Gasteiger partial charge in [-0.1, -0.05) is 6.08 Å². The van der Waals surface area contributed by atoms with Gasteiger partial charge in [0.1, 0.15) is 4.91 Å². The first-order valence-corrected chi connectivity index (χ1v) is 7.75. The van der Waals surface area contributed by atoms with Crippen molar-refractivity contribution >= 4 is 25.4 Å². The second-order valence-electron chi connectivity index (χ2n) is 4.20. The number of piperidine rings is 1. The van der Waals surface area contributed by atoms with Gasteiger partial charge in [0.05, 0.1) is 5.70 Å². The Morgan fingerprint density at radius 3 is 2.94 bits per heavy atom. The number of fused-ring (bicyclic) bond motifs is 2. The highest BCUT2D eigenvalue weighted by atomic mass is 35.7. The molecule has 2 aliphatic heterocycles. The summed E-state index contributed by atoms with van der Waals surface area (Å²) in [4.78, 5) is 4.58. The summed E-state index contributed by atoms with van der Waals surface area (Å²) in [7, 11) is 1.71. The maximum atomic E-state index is 11.5. The minimum absolute atomic E-state index is 0.134. The van der Waals surface area contributed by atoms with Crippen LogP contribution in [0, 0.1) is 0 Å². The number of halogens is 1. The quantitative estimate of drug-likeness (QED) is 0.734. The van der Waals surface area contributed by atoms with Crippen LogP contribution in [0.4, 0.5) is 0 Å². The van der Waals surface area contributed by atoms with E-state index in [-0.39, 0.29) is 4.91 Å². The van der Waals surface area contributed by atoms with Crippen LogP contribution in [0.25, 0.3) is 0 Å². The standard InChI is InChI=1S/C11H11ClN2O2S/c12-17(15,16)10-3-1-2-7-8-6-13-5-4-9(8)14-11(7)10/h1,3,13H,2,4-6H2. The highest BCUT2D eigenvalue weighted by molar-refractivity contribution is 8.17. The number of hydrogen-bond donors (Lipinski definition) is 1. The summed E-state index contributed by atoms with van der Waals surface area (Å²) < 4.78 is 23.0. The monoisotopic (exact) mass is 270 g/mol. The molecule has 0 saturated carbocycles. The Morgan fingerprint density at radius 2 is 2.18 bits per heavy atom. The Morgan fingerprint density at radius 1 is 1.35 bits per heavy atom. The Hall–Kier alpha value is -0.910. The van der Waals surface area contributed by atoms with Crippen LogP contribution in [-0.2, 0) is 9.05 Å². The molecule has 0 spiro atoms. The molecule has 6 heteroatoms. The zero-order valence-electron chi connectivity index (χ0n) is 9.03. The molecule has 0 radical (unpaired) electrons. The second-order valence-corrected chi connectivity index (χ2v) is 6.73. The summed E-state index contributed by atoms with van der Waals surface area (Å²) in [6.07, 6.45) is 4.96. The van der Waals surface area contributed by atoms with E-state index in [1.165, 1.54) is 0 Å². The van der Waals surface area contributed by atoms with Crippen molar-refractivity contribution in [1.29, 1.82) is 0 Å². The van der Waals surface area contributed by atoms with Crippen molar-refractivity contribution in [1.82, 2.24) is 5.32 Å². The molecule has 0 bridgehead atoms. The lowest BCUT2D eigenvalue weighted by atomic mass is 9.96. The molecule has 0 atom stereocenters. The predicted octanol–water partition coefficient (Wildman–Crippen LogP) is 1.47. The smallest absolute Gasteiger partial charge is 0.263 e. The first-order chi connectivity index (χ1) is 8.07. The fraction of sp³-hybridized carbons (Fsp3) is 0.364. The fourth-order valence-electron chi connectivity index (χ4n) is 2.41. The van der Waals surface area contributed by atoms with Crippen LogP contribution in [0.3, 0.4) is 0 Å². The van der Waals surface area contributed by atoms with E-state index in [0.29, 0.717) is 5.70 Å². The normalized spacial score (nSPS) is 23.7. The summed E-state index contributed by atoms with van der Waals surface area (Å²) in [5.74, 6) is 0. The Bertz CT molecular complexity index is 611. The molecule has 3 aliphatic rings. The van der Waals surface area contributed by atoms with E-state index in [1.807, 2.05) is 6.08 Å². The highest BCUT2D eigenvalue weighted by Crippen LogP contribution is 2.38. The van der Waals surface area contributed by atoms with E-state index in [4.69, 9.17) is 10.7 Å². The molecule has 1 fully saturated rings. The van der Waals surface area contributed by atoms with Crippen molar-refractivity contribution in [2.75, 3.05) is 13.1 Å². The van der Waals surface area contributed by atoms with Crippen LogP contribution in [0.1, 0.15) is 12.8 Å². The van der Waals surface area contributed by atoms with Gasteiger partial charge in [-0.05, 0) is 23.6 Å². The molecule has 90 valence electrons. The molecule has 1 saturated heterocycles. The fourth-order valence-corrected chi connectivity index (χ4v) is 3.44. The summed E-state index contributed by atoms with van der Waals surface area (Å²) >= 11 is 0. The first kappa shape index (κ1) is 11.2. The van der Waals surface area contributed by atoms with Crippen molar-refractivity contribution in [2.24, 2.45) is 4.99 Å². The van der Waals surface area contributed by atoms with Crippen LogP contribution < -0.4 is 5.32 Å². The average molecular weight is 271 g/mol. The van der Waals surface area contributed by atoms with Gasteiger partial charge >= 0.3 is 0 Å². The van der Waals surface area contributed by atoms with Crippen molar-refractivity contribution in [2.45, 2.75) is 12.8 Å². The van der Waals surface area contributed by atoms with Crippen molar-refractivity contribution in [3.05, 3.63) is 33.9 Å². The molecule has 0 unspecified atom stereocenters. The van der Waals surface area contributed by atoms with Gasteiger partial charge in [0.25, 0.3) is 9.05 Å². The van der Waals surface area contributed by atoms with Gasteiger partial charge in [0, 0.05) is 35.9 Å². The molecule has 1 aliphatic carbocycles. The van der Waals surface area contributed by atoms with Crippen LogP contribution in [0.2, 0.25) is 0 Å². The summed E-state index contributed by atoms with van der Waals surface area (Å²) in [6, 6.07) is 0. The molecule has 0 aromatic carbocycles. The molecule has 4 nitrogen and oxygen atoms in total. The van der Waals surface area contributed by atoms with E-state index in [0.717, 1.165) is 42.8 Å². The number of aliphatic imine (C=N–C) groups is 1. The molecule has 0 aromatic heterocycles. The first-order valence-electron chi connectivity index (χ1n) is 5.44. The molecular formula is C11H11ClN2O2S. The number of allylic oxidation sites excluding steroid dienone is 3. The number of nitrogens with one attached hydrogen (secondary N) is 1. The van der Waals surface area contributed by atoms with Crippen LogP contribution in [0.15, 0.2) is 38.9 Å². The lowest BCUT2D eigenvalue weighted by Crippen LogP contribution is -2.29. The van der Waals surface area contributed by atoms with E-state index in [1.54, 1.807) is 6.08 Å². The van der Waals surface area contributed by atoms with Gasteiger partial charge in [-0.15, -0.1) is 0 Å². The van der Waals surface area contributed by atoms with Gasteiger partial charge in [-0.2, -0.15) is 0 Å². The number of hydrogen-bond acceptors (Lipinski definition) is 4. The maximum Gasteiger partial charge on any atom is 0.263 e. The van der Waals surface area contributed by atoms with Crippen LogP contribution in [0.5, 0.6) is 0 Å². The van der Waals surface area contributed by atoms with Crippen molar-refractivity contribution in [3.63, 3.8) is 0 Å². The van der Waals surface area contributed by atoms with Crippen molar-refractivity contribution < 1.29 is 8.42 Å². The SMILES string of the molecule is O=S(=O)(Cl)C1=C2N=C3CCNCC3=C2CC=C1. The zero-order chi connectivity index (χ0) is 12.0. The van der Waals surface area contributed by atoms with E-state index in [9.17, 15) is 8.42 Å². The molecular weight excluding hydrogens is 260 g/mol. The Kier molecular flexibility index (Phi) is 2.50. The average Bonchev–Trinajstić information content (AvgIpc) is 2.65. The van der Waals surface area contributed by atoms with Gasteiger partial charge < -0.3 is 5.32 Å². The maximum absolute atomic E-state index is 11.5. The number of rotatable bonds is 1.